The van der Waals surface area contributed by atoms with Crippen molar-refractivity contribution in [2.24, 2.45) is 0 Å². The Bertz CT molecular complexity index is 130. The molecule has 0 aromatic heterocycles. The maximum atomic E-state index is 12.9. The average Bonchev–Trinajstić information content (AvgIpc) is 2.06. The smallest absolute Gasteiger partial charge is 0.249 e. The predicted molar refractivity (Wildman–Crippen MR) is 45.5 cm³/mol. The molecule has 0 aromatic carbocycles. The molecule has 72 valence electrons. The number of rotatable bonds is 3. The van der Waals surface area contributed by atoms with E-state index in [0.717, 1.165) is 25.8 Å². The average molecular weight is 177 g/mol. The number of alkyl halides is 2. The first-order chi connectivity index (χ1) is 5.64. The summed E-state index contributed by atoms with van der Waals surface area (Å²) in [4.78, 5) is 0. The second-order valence-electron chi connectivity index (χ2n) is 3.56. The van der Waals surface area contributed by atoms with Gasteiger partial charge in [-0.3, -0.25) is 0 Å². The second-order valence-corrected chi connectivity index (χ2v) is 3.56. The van der Waals surface area contributed by atoms with Gasteiger partial charge in [0.2, 0.25) is 5.92 Å². The van der Waals surface area contributed by atoms with Crippen molar-refractivity contribution >= 4 is 0 Å². The van der Waals surface area contributed by atoms with E-state index < -0.39 is 5.92 Å². The number of halogens is 2. The molecule has 1 aliphatic rings. The van der Waals surface area contributed by atoms with Crippen molar-refractivity contribution in [2.45, 2.75) is 51.0 Å². The molecular weight excluding hydrogens is 160 g/mol. The first kappa shape index (κ1) is 9.90. The van der Waals surface area contributed by atoms with Crippen molar-refractivity contribution in [2.75, 3.05) is 6.54 Å². The van der Waals surface area contributed by atoms with Crippen LogP contribution in [0.5, 0.6) is 0 Å². The number of nitrogens with one attached hydrogen (secondary N) is 1. The highest BCUT2D eigenvalue weighted by Crippen LogP contribution is 2.26. The highest BCUT2D eigenvalue weighted by Gasteiger charge is 2.30. The van der Waals surface area contributed by atoms with Crippen molar-refractivity contribution in [3.63, 3.8) is 0 Å². The quantitative estimate of drug-likeness (QED) is 0.698. The van der Waals surface area contributed by atoms with E-state index in [1.54, 1.807) is 6.92 Å². The Morgan fingerprint density at radius 2 is 2.17 bits per heavy atom. The van der Waals surface area contributed by atoms with Crippen molar-refractivity contribution in [3.05, 3.63) is 0 Å². The predicted octanol–water partition coefficient (Wildman–Crippen LogP) is 2.56. The summed E-state index contributed by atoms with van der Waals surface area (Å²) in [6, 6.07) is 0.0497. The van der Waals surface area contributed by atoms with E-state index in [4.69, 9.17) is 0 Å². The molecule has 1 nitrogen and oxygen atoms in total. The first-order valence-electron chi connectivity index (χ1n) is 4.75. The van der Waals surface area contributed by atoms with E-state index in [0.29, 0.717) is 0 Å². The van der Waals surface area contributed by atoms with Gasteiger partial charge in [0.15, 0.2) is 0 Å². The maximum Gasteiger partial charge on any atom is 0.249 e. The van der Waals surface area contributed by atoms with Crippen LogP contribution in [0.1, 0.15) is 39.0 Å². The summed E-state index contributed by atoms with van der Waals surface area (Å²) in [6.45, 7) is 2.45. The van der Waals surface area contributed by atoms with E-state index in [1.807, 2.05) is 0 Å². The summed E-state index contributed by atoms with van der Waals surface area (Å²) in [7, 11) is 0. The zero-order valence-corrected chi connectivity index (χ0v) is 7.58. The van der Waals surface area contributed by atoms with Gasteiger partial charge >= 0.3 is 0 Å². The molecule has 0 saturated carbocycles. The molecule has 1 saturated heterocycles. The fourth-order valence-corrected chi connectivity index (χ4v) is 1.60. The van der Waals surface area contributed by atoms with Gasteiger partial charge in [-0.2, -0.15) is 0 Å². The summed E-state index contributed by atoms with van der Waals surface area (Å²) in [5, 5.41) is 3.13. The van der Waals surface area contributed by atoms with Crippen LogP contribution < -0.4 is 5.32 Å². The topological polar surface area (TPSA) is 12.0 Å². The van der Waals surface area contributed by atoms with Gasteiger partial charge in [0.25, 0.3) is 0 Å². The van der Waals surface area contributed by atoms with Gasteiger partial charge in [0.1, 0.15) is 0 Å². The molecule has 0 aliphatic carbocycles. The third-order valence-electron chi connectivity index (χ3n) is 2.47. The minimum absolute atomic E-state index is 0.0174. The van der Waals surface area contributed by atoms with Crippen LogP contribution in [0.4, 0.5) is 8.78 Å². The maximum absolute atomic E-state index is 12.9. The molecule has 1 rings (SSSR count). The lowest BCUT2D eigenvalue weighted by Crippen LogP contribution is -2.38. The van der Waals surface area contributed by atoms with Crippen molar-refractivity contribution < 1.29 is 8.78 Å². The molecule has 1 unspecified atom stereocenters. The Morgan fingerprint density at radius 3 is 2.67 bits per heavy atom. The van der Waals surface area contributed by atoms with Crippen molar-refractivity contribution in [3.8, 4) is 0 Å². The van der Waals surface area contributed by atoms with Crippen molar-refractivity contribution in [1.29, 1.82) is 0 Å². The molecule has 12 heavy (non-hydrogen) atoms. The van der Waals surface area contributed by atoms with E-state index in [2.05, 4.69) is 5.32 Å². The first-order valence-corrected chi connectivity index (χ1v) is 4.75. The van der Waals surface area contributed by atoms with Crippen LogP contribution in [0.25, 0.3) is 0 Å². The second kappa shape index (κ2) is 4.17. The van der Waals surface area contributed by atoms with Gasteiger partial charge in [-0.25, -0.2) is 8.78 Å². The number of hydrogen-bond acceptors (Lipinski definition) is 1. The molecule has 0 radical (unpaired) electrons. The monoisotopic (exact) mass is 177 g/mol. The van der Waals surface area contributed by atoms with Gasteiger partial charge in [0.05, 0.1) is 0 Å². The Hall–Kier alpha value is -0.180. The fraction of sp³-hybridized carbons (Fsp3) is 1.00. The zero-order chi connectivity index (χ0) is 9.03. The zero-order valence-electron chi connectivity index (χ0n) is 7.58. The third-order valence-corrected chi connectivity index (χ3v) is 2.47. The molecule has 1 heterocycles. The van der Waals surface area contributed by atoms with E-state index in [1.165, 1.54) is 0 Å². The lowest BCUT2D eigenvalue weighted by atomic mass is 9.98. The third kappa shape index (κ3) is 3.05. The molecule has 0 spiro atoms. The van der Waals surface area contributed by atoms with Gasteiger partial charge < -0.3 is 5.32 Å². The minimum atomic E-state index is -2.46. The van der Waals surface area contributed by atoms with Gasteiger partial charge in [-0.1, -0.05) is 13.3 Å². The highest BCUT2D eigenvalue weighted by molar-refractivity contribution is 4.78. The Morgan fingerprint density at radius 1 is 1.42 bits per heavy atom. The van der Waals surface area contributed by atoms with E-state index in [9.17, 15) is 8.78 Å². The normalized spacial score (nSPS) is 25.8. The number of hydrogen-bond donors (Lipinski definition) is 1. The van der Waals surface area contributed by atoms with E-state index in [-0.39, 0.29) is 18.9 Å². The molecule has 1 atom stereocenters. The van der Waals surface area contributed by atoms with Crippen LogP contribution in [-0.2, 0) is 0 Å². The minimum Gasteiger partial charge on any atom is -0.314 e. The Balaban J connectivity index is 2.28. The largest absolute Gasteiger partial charge is 0.314 e. The lowest BCUT2D eigenvalue weighted by Gasteiger charge is -2.26. The van der Waals surface area contributed by atoms with Crippen molar-refractivity contribution in [1.82, 2.24) is 5.32 Å². The van der Waals surface area contributed by atoms with Gasteiger partial charge in [-0.05, 0) is 19.4 Å². The van der Waals surface area contributed by atoms with Crippen LogP contribution in [0, 0.1) is 0 Å². The fourth-order valence-electron chi connectivity index (χ4n) is 1.60. The molecular formula is C9H17F2N. The van der Waals surface area contributed by atoms with E-state index >= 15 is 0 Å². The molecule has 1 N–H and O–H groups in total. The summed E-state index contributed by atoms with van der Waals surface area (Å²) in [6.07, 6.45) is 3.12. The standard InChI is InChI=1S/C9H17F2N/c1-2-9(10,11)7-8-5-3-4-6-12-8/h8,12H,2-7H2,1H3. The van der Waals surface area contributed by atoms with Crippen LogP contribution in [0.15, 0.2) is 0 Å². The molecule has 1 aliphatic heterocycles. The highest BCUT2D eigenvalue weighted by atomic mass is 19.3. The molecule has 0 bridgehead atoms. The summed E-state index contributed by atoms with van der Waals surface area (Å²) >= 11 is 0. The SMILES string of the molecule is CCC(F)(F)CC1CCCCN1. The van der Waals surface area contributed by atoms with Gasteiger partial charge in [0, 0.05) is 18.9 Å². The molecule has 3 heteroatoms. The van der Waals surface area contributed by atoms with Gasteiger partial charge in [-0.15, -0.1) is 0 Å². The molecule has 1 fully saturated rings. The molecule has 0 amide bonds. The summed E-state index contributed by atoms with van der Waals surface area (Å²) < 4.78 is 25.8. The van der Waals surface area contributed by atoms with Crippen LogP contribution in [-0.4, -0.2) is 18.5 Å². The number of piperidine rings is 1. The Labute approximate surface area is 72.5 Å². The van der Waals surface area contributed by atoms with Crippen LogP contribution >= 0.6 is 0 Å². The lowest BCUT2D eigenvalue weighted by molar-refractivity contribution is -0.0228. The summed E-state index contributed by atoms with van der Waals surface area (Å²) in [5.74, 6) is -2.46. The summed E-state index contributed by atoms with van der Waals surface area (Å²) in [5.41, 5.74) is 0. The van der Waals surface area contributed by atoms with Crippen LogP contribution in [0.2, 0.25) is 0 Å². The Kier molecular flexibility index (Phi) is 3.44. The molecule has 0 aromatic rings. The van der Waals surface area contributed by atoms with Crippen LogP contribution in [0.3, 0.4) is 0 Å².